The quantitative estimate of drug-likeness (QED) is 0.609. The molecule has 0 aromatic heterocycles. The Balaban J connectivity index is 1.44. The number of benzene rings is 1. The van der Waals surface area contributed by atoms with Crippen LogP contribution >= 0.6 is 0 Å². The summed E-state index contributed by atoms with van der Waals surface area (Å²) < 4.78 is 18.5. The highest BCUT2D eigenvalue weighted by Crippen LogP contribution is 2.23. The van der Waals surface area contributed by atoms with E-state index in [0.717, 1.165) is 0 Å². The monoisotopic (exact) mass is 346 g/mol. The van der Waals surface area contributed by atoms with Crippen LogP contribution in [0.25, 0.3) is 0 Å². The second-order valence-electron chi connectivity index (χ2n) is 7.61. The Bertz CT molecular complexity index is 450. The van der Waals surface area contributed by atoms with Gasteiger partial charge in [0.1, 0.15) is 6.10 Å². The molecule has 0 radical (unpaired) electrons. The molecule has 2 fully saturated rings. The zero-order chi connectivity index (χ0) is 17.2. The van der Waals surface area contributed by atoms with Crippen molar-refractivity contribution in [1.29, 1.82) is 0 Å². The molecule has 1 aromatic rings. The van der Waals surface area contributed by atoms with Crippen molar-refractivity contribution in [1.82, 2.24) is 0 Å². The Morgan fingerprint density at radius 2 is 1.40 bits per heavy atom. The first-order valence-corrected chi connectivity index (χ1v) is 10.3. The van der Waals surface area contributed by atoms with E-state index in [0.29, 0.717) is 32.0 Å². The zero-order valence-electron chi connectivity index (χ0n) is 15.5. The van der Waals surface area contributed by atoms with Gasteiger partial charge in [0.25, 0.3) is 0 Å². The van der Waals surface area contributed by atoms with Crippen molar-refractivity contribution in [2.24, 2.45) is 0 Å². The van der Waals surface area contributed by atoms with E-state index in [1.165, 1.54) is 69.8 Å². The highest BCUT2D eigenvalue weighted by atomic mass is 16.6. The summed E-state index contributed by atoms with van der Waals surface area (Å²) in [5.41, 5.74) is 1.21. The van der Waals surface area contributed by atoms with Crippen LogP contribution in [0.15, 0.2) is 30.3 Å². The third-order valence-corrected chi connectivity index (χ3v) is 5.42. The molecule has 3 heteroatoms. The van der Waals surface area contributed by atoms with Crippen LogP contribution in [0.5, 0.6) is 0 Å². The van der Waals surface area contributed by atoms with Crippen molar-refractivity contribution in [3.8, 4) is 0 Å². The first-order valence-electron chi connectivity index (χ1n) is 10.3. The van der Waals surface area contributed by atoms with Gasteiger partial charge in [0.05, 0.1) is 32.0 Å². The van der Waals surface area contributed by atoms with E-state index in [9.17, 15) is 0 Å². The predicted molar refractivity (Wildman–Crippen MR) is 101 cm³/mol. The van der Waals surface area contributed by atoms with Gasteiger partial charge in [0, 0.05) is 0 Å². The van der Waals surface area contributed by atoms with E-state index in [2.05, 4.69) is 24.3 Å². The number of ether oxygens (including phenoxy) is 3. The summed E-state index contributed by atoms with van der Waals surface area (Å²) in [6.45, 7) is 1.95. The highest BCUT2D eigenvalue weighted by Gasteiger charge is 2.22. The maximum atomic E-state index is 6.37. The SMILES string of the molecule is c1ccc(COCC(COC2CCCCC2)OC2CCCCC2)cc1. The minimum Gasteiger partial charge on any atom is -0.375 e. The molecule has 3 rings (SSSR count). The molecule has 1 aromatic carbocycles. The number of hydrogen-bond donors (Lipinski definition) is 0. The van der Waals surface area contributed by atoms with E-state index in [1.54, 1.807) is 0 Å². The van der Waals surface area contributed by atoms with Crippen molar-refractivity contribution in [3.05, 3.63) is 35.9 Å². The molecule has 1 unspecified atom stereocenters. The molecule has 0 saturated heterocycles. The topological polar surface area (TPSA) is 27.7 Å². The summed E-state index contributed by atoms with van der Waals surface area (Å²) in [6.07, 6.45) is 13.6. The molecule has 2 aliphatic carbocycles. The van der Waals surface area contributed by atoms with Crippen molar-refractivity contribution >= 4 is 0 Å². The minimum absolute atomic E-state index is 0.0636. The fourth-order valence-electron chi connectivity index (χ4n) is 3.96. The average molecular weight is 347 g/mol. The molecular formula is C22H34O3. The number of rotatable bonds is 9. The summed E-state index contributed by atoms with van der Waals surface area (Å²) in [7, 11) is 0. The first kappa shape index (κ1) is 18.9. The third-order valence-electron chi connectivity index (χ3n) is 5.42. The largest absolute Gasteiger partial charge is 0.375 e. The van der Waals surface area contributed by atoms with Gasteiger partial charge < -0.3 is 14.2 Å². The summed E-state index contributed by atoms with van der Waals surface area (Å²) >= 11 is 0. The van der Waals surface area contributed by atoms with Crippen molar-refractivity contribution in [2.45, 2.75) is 89.1 Å². The van der Waals surface area contributed by atoms with Gasteiger partial charge >= 0.3 is 0 Å². The summed E-state index contributed by atoms with van der Waals surface area (Å²) in [4.78, 5) is 0. The van der Waals surface area contributed by atoms with Gasteiger partial charge in [-0.3, -0.25) is 0 Å². The average Bonchev–Trinajstić information content (AvgIpc) is 2.68. The Labute approximate surface area is 153 Å². The fraction of sp³-hybridized carbons (Fsp3) is 0.727. The molecule has 0 spiro atoms. The molecule has 0 N–H and O–H groups in total. The number of hydrogen-bond acceptors (Lipinski definition) is 3. The van der Waals surface area contributed by atoms with Crippen LogP contribution in [0.4, 0.5) is 0 Å². The Morgan fingerprint density at radius 3 is 2.08 bits per heavy atom. The van der Waals surface area contributed by atoms with Gasteiger partial charge in [0.15, 0.2) is 0 Å². The van der Waals surface area contributed by atoms with Crippen LogP contribution in [0, 0.1) is 0 Å². The second-order valence-corrected chi connectivity index (χ2v) is 7.61. The smallest absolute Gasteiger partial charge is 0.104 e. The first-order chi connectivity index (χ1) is 12.4. The minimum atomic E-state index is 0.0636. The van der Waals surface area contributed by atoms with Gasteiger partial charge in [-0.15, -0.1) is 0 Å². The molecule has 0 aliphatic heterocycles. The van der Waals surface area contributed by atoms with Crippen LogP contribution < -0.4 is 0 Å². The molecule has 0 bridgehead atoms. The predicted octanol–water partition coefficient (Wildman–Crippen LogP) is 5.27. The Kier molecular flexibility index (Phi) is 8.27. The molecule has 25 heavy (non-hydrogen) atoms. The lowest BCUT2D eigenvalue weighted by atomic mass is 9.97. The molecular weight excluding hydrogens is 312 g/mol. The highest BCUT2D eigenvalue weighted by molar-refractivity contribution is 5.13. The zero-order valence-corrected chi connectivity index (χ0v) is 15.5. The molecule has 3 nitrogen and oxygen atoms in total. The fourth-order valence-corrected chi connectivity index (χ4v) is 3.96. The van der Waals surface area contributed by atoms with Crippen molar-refractivity contribution < 1.29 is 14.2 Å². The van der Waals surface area contributed by atoms with E-state index in [4.69, 9.17) is 14.2 Å². The summed E-state index contributed by atoms with van der Waals surface area (Å²) in [5, 5.41) is 0. The van der Waals surface area contributed by atoms with Gasteiger partial charge in [-0.2, -0.15) is 0 Å². The van der Waals surface area contributed by atoms with Crippen LogP contribution in [0.2, 0.25) is 0 Å². The lowest BCUT2D eigenvalue weighted by molar-refractivity contribution is -0.116. The Morgan fingerprint density at radius 1 is 0.760 bits per heavy atom. The van der Waals surface area contributed by atoms with Crippen LogP contribution in [-0.2, 0) is 20.8 Å². The van der Waals surface area contributed by atoms with Crippen LogP contribution in [0.3, 0.4) is 0 Å². The lowest BCUT2D eigenvalue weighted by Crippen LogP contribution is -2.33. The van der Waals surface area contributed by atoms with Crippen LogP contribution in [0.1, 0.15) is 69.8 Å². The van der Waals surface area contributed by atoms with Gasteiger partial charge in [0.2, 0.25) is 0 Å². The van der Waals surface area contributed by atoms with Crippen LogP contribution in [-0.4, -0.2) is 31.5 Å². The maximum absolute atomic E-state index is 6.37. The Hall–Kier alpha value is -0.900. The second kappa shape index (κ2) is 10.9. The van der Waals surface area contributed by atoms with E-state index >= 15 is 0 Å². The van der Waals surface area contributed by atoms with E-state index in [1.807, 2.05) is 6.07 Å². The third kappa shape index (κ3) is 7.08. The molecule has 0 heterocycles. The van der Waals surface area contributed by atoms with Gasteiger partial charge in [-0.05, 0) is 31.2 Å². The van der Waals surface area contributed by atoms with E-state index < -0.39 is 0 Å². The summed E-state index contributed by atoms with van der Waals surface area (Å²) in [5.74, 6) is 0. The van der Waals surface area contributed by atoms with Crippen molar-refractivity contribution in [2.75, 3.05) is 13.2 Å². The molecule has 1 atom stereocenters. The summed E-state index contributed by atoms with van der Waals surface area (Å²) in [6, 6.07) is 10.4. The maximum Gasteiger partial charge on any atom is 0.104 e. The van der Waals surface area contributed by atoms with Crippen molar-refractivity contribution in [3.63, 3.8) is 0 Å². The normalized spacial score (nSPS) is 21.3. The molecule has 2 aliphatic rings. The van der Waals surface area contributed by atoms with E-state index in [-0.39, 0.29) is 6.10 Å². The van der Waals surface area contributed by atoms with Gasteiger partial charge in [-0.25, -0.2) is 0 Å². The standard InChI is InChI=1S/C22H34O3/c1-4-10-19(11-5-1)16-23-17-22(25-21-14-8-3-9-15-21)18-24-20-12-6-2-7-13-20/h1,4-5,10-11,20-22H,2-3,6-9,12-18H2. The molecule has 140 valence electrons. The lowest BCUT2D eigenvalue weighted by Gasteiger charge is -2.29. The molecule has 2 saturated carbocycles. The van der Waals surface area contributed by atoms with Gasteiger partial charge in [-0.1, -0.05) is 68.9 Å². The molecule has 0 amide bonds.